The Kier molecular flexibility index (Phi) is 4.42. The van der Waals surface area contributed by atoms with Gasteiger partial charge in [0, 0.05) is 13.0 Å². The number of carbonyl (C=O) groups is 2. The first-order chi connectivity index (χ1) is 11.4. The lowest BCUT2D eigenvalue weighted by molar-refractivity contribution is -0.139. The lowest BCUT2D eigenvalue weighted by atomic mass is 10.1. The summed E-state index contributed by atoms with van der Waals surface area (Å²) in [6, 6.07) is 7.57. The van der Waals surface area contributed by atoms with Crippen molar-refractivity contribution in [3.63, 3.8) is 0 Å². The van der Waals surface area contributed by atoms with Crippen LogP contribution < -0.4 is 4.74 Å². The number of likely N-dealkylation sites (tertiary alicyclic amines) is 1. The second kappa shape index (κ2) is 6.51. The van der Waals surface area contributed by atoms with Crippen LogP contribution in [0, 0.1) is 26.7 Å². The summed E-state index contributed by atoms with van der Waals surface area (Å²) in [4.78, 5) is 26.2. The van der Waals surface area contributed by atoms with Crippen molar-refractivity contribution in [3.8, 4) is 5.75 Å². The van der Waals surface area contributed by atoms with Gasteiger partial charge in [-0.05, 0) is 44.0 Å². The van der Waals surface area contributed by atoms with Crippen LogP contribution in [0.4, 0.5) is 0 Å². The minimum atomic E-state index is -0.437. The molecule has 1 aliphatic rings. The first kappa shape index (κ1) is 16.3. The van der Waals surface area contributed by atoms with Gasteiger partial charge < -0.3 is 14.1 Å². The molecule has 24 heavy (non-hydrogen) atoms. The summed E-state index contributed by atoms with van der Waals surface area (Å²) in [7, 11) is 0. The zero-order valence-corrected chi connectivity index (χ0v) is 14.2. The molecule has 0 bridgehead atoms. The van der Waals surface area contributed by atoms with Gasteiger partial charge in [0.2, 0.25) is 5.91 Å². The maximum Gasteiger partial charge on any atom is 0.316 e. The summed E-state index contributed by atoms with van der Waals surface area (Å²) in [5.74, 6) is 0.476. The third-order valence-electron chi connectivity index (χ3n) is 4.28. The highest BCUT2D eigenvalue weighted by molar-refractivity contribution is 5.87. The number of hydrogen-bond donors (Lipinski definition) is 0. The summed E-state index contributed by atoms with van der Waals surface area (Å²) in [6.45, 7) is 6.60. The number of nitrogens with zero attached hydrogens (tertiary/aromatic N) is 1. The molecule has 2 heterocycles. The van der Waals surface area contributed by atoms with Crippen molar-refractivity contribution in [2.45, 2.75) is 33.7 Å². The van der Waals surface area contributed by atoms with Crippen molar-refractivity contribution in [1.29, 1.82) is 0 Å². The smallest absolute Gasteiger partial charge is 0.316 e. The molecule has 1 amide bonds. The van der Waals surface area contributed by atoms with E-state index in [0.29, 0.717) is 24.6 Å². The van der Waals surface area contributed by atoms with Gasteiger partial charge in [-0.3, -0.25) is 9.59 Å². The van der Waals surface area contributed by atoms with E-state index >= 15 is 0 Å². The zero-order chi connectivity index (χ0) is 17.3. The van der Waals surface area contributed by atoms with Gasteiger partial charge in [0.1, 0.15) is 11.5 Å². The van der Waals surface area contributed by atoms with Gasteiger partial charge in [0.05, 0.1) is 18.7 Å². The third kappa shape index (κ3) is 3.35. The molecule has 0 aliphatic carbocycles. The summed E-state index contributed by atoms with van der Waals surface area (Å²) < 4.78 is 10.9. The van der Waals surface area contributed by atoms with Crippen molar-refractivity contribution < 1.29 is 18.7 Å². The van der Waals surface area contributed by atoms with E-state index in [1.54, 1.807) is 17.2 Å². The molecule has 1 aromatic heterocycles. The standard InChI is InChI=1S/C19H21NO4/c1-12-7-13(2)18(14(3)8-12)24-19(22)15-9-17(21)20(10-15)11-16-5-4-6-23-16/h4-8,15H,9-11H2,1-3H3. The highest BCUT2D eigenvalue weighted by Crippen LogP contribution is 2.28. The Labute approximate surface area is 141 Å². The van der Waals surface area contributed by atoms with Crippen molar-refractivity contribution in [2.24, 2.45) is 5.92 Å². The van der Waals surface area contributed by atoms with Crippen LogP contribution in [0.5, 0.6) is 5.75 Å². The maximum absolute atomic E-state index is 12.5. The Bertz CT molecular complexity index is 741. The van der Waals surface area contributed by atoms with Crippen LogP contribution in [0.25, 0.3) is 0 Å². The second-order valence-corrected chi connectivity index (χ2v) is 6.40. The van der Waals surface area contributed by atoms with Gasteiger partial charge in [0.15, 0.2) is 0 Å². The molecule has 1 saturated heterocycles. The topological polar surface area (TPSA) is 59.8 Å². The molecule has 1 fully saturated rings. The van der Waals surface area contributed by atoms with E-state index in [-0.39, 0.29) is 18.3 Å². The molecule has 2 aromatic rings. The van der Waals surface area contributed by atoms with Crippen molar-refractivity contribution in [1.82, 2.24) is 4.90 Å². The minimum absolute atomic E-state index is 0.0503. The largest absolute Gasteiger partial charge is 0.467 e. The second-order valence-electron chi connectivity index (χ2n) is 6.40. The fourth-order valence-corrected chi connectivity index (χ4v) is 3.19. The van der Waals surface area contributed by atoms with Crippen LogP contribution in [0.15, 0.2) is 34.9 Å². The SMILES string of the molecule is Cc1cc(C)c(OC(=O)C2CC(=O)N(Cc3ccco3)C2)c(C)c1. The molecular weight excluding hydrogens is 306 g/mol. The Balaban J connectivity index is 1.67. The van der Waals surface area contributed by atoms with Crippen molar-refractivity contribution in [2.75, 3.05) is 6.54 Å². The number of benzene rings is 1. The maximum atomic E-state index is 12.5. The predicted octanol–water partition coefficient (Wildman–Crippen LogP) is 3.16. The molecule has 126 valence electrons. The van der Waals surface area contributed by atoms with E-state index in [1.807, 2.05) is 39.0 Å². The van der Waals surface area contributed by atoms with E-state index in [2.05, 4.69) is 0 Å². The number of ether oxygens (including phenoxy) is 1. The van der Waals surface area contributed by atoms with Crippen LogP contribution in [-0.2, 0) is 16.1 Å². The Morgan fingerprint density at radius 2 is 2.00 bits per heavy atom. The summed E-state index contributed by atoms with van der Waals surface area (Å²) in [6.07, 6.45) is 1.76. The number of aryl methyl sites for hydroxylation is 3. The van der Waals surface area contributed by atoms with E-state index in [9.17, 15) is 9.59 Å². The molecule has 0 N–H and O–H groups in total. The highest BCUT2D eigenvalue weighted by Gasteiger charge is 2.36. The molecule has 5 heteroatoms. The quantitative estimate of drug-likeness (QED) is 0.639. The molecule has 1 aromatic carbocycles. The molecule has 5 nitrogen and oxygen atoms in total. The lowest BCUT2D eigenvalue weighted by Crippen LogP contribution is -2.27. The molecular formula is C19H21NO4. The summed E-state index contributed by atoms with van der Waals surface area (Å²) >= 11 is 0. The average molecular weight is 327 g/mol. The normalized spacial score (nSPS) is 17.4. The van der Waals surface area contributed by atoms with Gasteiger partial charge in [-0.15, -0.1) is 0 Å². The molecule has 1 aliphatic heterocycles. The van der Waals surface area contributed by atoms with Crippen LogP contribution >= 0.6 is 0 Å². The molecule has 1 unspecified atom stereocenters. The Hall–Kier alpha value is -2.56. The van der Waals surface area contributed by atoms with Crippen molar-refractivity contribution in [3.05, 3.63) is 53.0 Å². The summed E-state index contributed by atoms with van der Waals surface area (Å²) in [5, 5.41) is 0. The fourth-order valence-electron chi connectivity index (χ4n) is 3.19. The Morgan fingerprint density at radius 1 is 1.29 bits per heavy atom. The molecule has 1 atom stereocenters. The van der Waals surface area contributed by atoms with E-state index in [1.165, 1.54) is 0 Å². The summed E-state index contributed by atoms with van der Waals surface area (Å²) in [5.41, 5.74) is 2.99. The first-order valence-electron chi connectivity index (χ1n) is 8.03. The molecule has 0 radical (unpaired) electrons. The number of hydrogen-bond acceptors (Lipinski definition) is 4. The number of furan rings is 1. The Morgan fingerprint density at radius 3 is 2.62 bits per heavy atom. The molecule has 3 rings (SSSR count). The lowest BCUT2D eigenvalue weighted by Gasteiger charge is -2.16. The average Bonchev–Trinajstić information content (AvgIpc) is 3.14. The monoisotopic (exact) mass is 327 g/mol. The number of rotatable bonds is 4. The van der Waals surface area contributed by atoms with Gasteiger partial charge in [0.25, 0.3) is 0 Å². The van der Waals surface area contributed by atoms with E-state index in [4.69, 9.17) is 9.15 Å². The fraction of sp³-hybridized carbons (Fsp3) is 0.368. The van der Waals surface area contributed by atoms with Crippen LogP contribution in [0.3, 0.4) is 0 Å². The third-order valence-corrected chi connectivity index (χ3v) is 4.28. The molecule has 0 spiro atoms. The number of amides is 1. The highest BCUT2D eigenvalue weighted by atomic mass is 16.5. The van der Waals surface area contributed by atoms with Crippen molar-refractivity contribution >= 4 is 11.9 Å². The first-order valence-corrected chi connectivity index (χ1v) is 8.03. The number of esters is 1. The molecule has 0 saturated carbocycles. The number of carbonyl (C=O) groups excluding carboxylic acids is 2. The minimum Gasteiger partial charge on any atom is -0.467 e. The van der Waals surface area contributed by atoms with Crippen LogP contribution in [0.2, 0.25) is 0 Å². The van der Waals surface area contributed by atoms with Gasteiger partial charge >= 0.3 is 5.97 Å². The van der Waals surface area contributed by atoms with Gasteiger partial charge in [-0.2, -0.15) is 0 Å². The predicted molar refractivity (Wildman–Crippen MR) is 88.5 cm³/mol. The zero-order valence-electron chi connectivity index (χ0n) is 14.2. The van der Waals surface area contributed by atoms with Crippen LogP contribution in [0.1, 0.15) is 28.9 Å². The van der Waals surface area contributed by atoms with Gasteiger partial charge in [-0.1, -0.05) is 17.7 Å². The van der Waals surface area contributed by atoms with Crippen LogP contribution in [-0.4, -0.2) is 23.3 Å². The van der Waals surface area contributed by atoms with E-state index in [0.717, 1.165) is 16.7 Å². The van der Waals surface area contributed by atoms with Gasteiger partial charge in [-0.25, -0.2) is 0 Å². The van der Waals surface area contributed by atoms with E-state index < -0.39 is 5.92 Å².